The van der Waals surface area contributed by atoms with E-state index in [9.17, 15) is 8.42 Å². The number of nitrogens with zero attached hydrogens (tertiary/aromatic N) is 1. The molecule has 1 atom stereocenters. The fourth-order valence-electron chi connectivity index (χ4n) is 1.57. The van der Waals surface area contributed by atoms with E-state index in [-0.39, 0.29) is 0 Å². The van der Waals surface area contributed by atoms with Gasteiger partial charge in [0.1, 0.15) is 6.20 Å². The van der Waals surface area contributed by atoms with Crippen molar-refractivity contribution in [2.24, 2.45) is 0 Å². The minimum atomic E-state index is -3.36. The molecule has 16 heavy (non-hydrogen) atoms. The summed E-state index contributed by atoms with van der Waals surface area (Å²) in [7, 11) is -1.44. The lowest BCUT2D eigenvalue weighted by molar-refractivity contribution is -0.824. The van der Waals surface area contributed by atoms with Gasteiger partial charge in [-0.05, 0) is 19.1 Å². The first-order valence-electron chi connectivity index (χ1n) is 5.09. The summed E-state index contributed by atoms with van der Waals surface area (Å²) < 4.78 is 25.7. The SMILES string of the molecule is Cc1ccc(S(=O)(=O)N2C=C[NH+](C)C2)cc1. The molecule has 86 valence electrons. The first kappa shape index (κ1) is 11.2. The number of benzene rings is 1. The molecule has 1 aromatic carbocycles. The van der Waals surface area contributed by atoms with E-state index in [2.05, 4.69) is 0 Å². The summed E-state index contributed by atoms with van der Waals surface area (Å²) in [6, 6.07) is 6.91. The molecule has 1 aromatic rings. The molecule has 0 saturated carbocycles. The van der Waals surface area contributed by atoms with Crippen LogP contribution in [0.4, 0.5) is 0 Å². The second kappa shape index (κ2) is 3.92. The number of aryl methyl sites for hydroxylation is 1. The van der Waals surface area contributed by atoms with E-state index in [1.54, 1.807) is 18.3 Å². The third kappa shape index (κ3) is 1.96. The van der Waals surface area contributed by atoms with Gasteiger partial charge in [0.2, 0.25) is 0 Å². The van der Waals surface area contributed by atoms with Gasteiger partial charge in [0.15, 0.2) is 6.67 Å². The topological polar surface area (TPSA) is 41.8 Å². The van der Waals surface area contributed by atoms with Gasteiger partial charge in [-0.25, -0.2) is 12.7 Å². The highest BCUT2D eigenvalue weighted by Gasteiger charge is 2.27. The minimum Gasteiger partial charge on any atom is -0.292 e. The zero-order valence-corrected chi connectivity index (χ0v) is 10.2. The maximum absolute atomic E-state index is 12.2. The molecule has 1 aliphatic rings. The summed E-state index contributed by atoms with van der Waals surface area (Å²) in [6.45, 7) is 2.39. The molecular weight excluding hydrogens is 224 g/mol. The first-order chi connectivity index (χ1) is 7.50. The summed E-state index contributed by atoms with van der Waals surface area (Å²) in [5.41, 5.74) is 1.05. The lowest BCUT2D eigenvalue weighted by Gasteiger charge is -2.15. The standard InChI is InChI=1S/C11H14N2O2S/c1-10-3-5-11(6-4-10)16(14,15)13-8-7-12(2)9-13/h3-8H,9H2,1-2H3/p+1. The molecule has 0 saturated heterocycles. The van der Waals surface area contributed by atoms with Crippen molar-refractivity contribution in [3.05, 3.63) is 42.2 Å². The van der Waals surface area contributed by atoms with Crippen molar-refractivity contribution >= 4 is 10.0 Å². The molecule has 1 aliphatic heterocycles. The van der Waals surface area contributed by atoms with Gasteiger partial charge in [0.25, 0.3) is 10.0 Å². The second-order valence-corrected chi connectivity index (χ2v) is 5.92. The average Bonchev–Trinajstić information content (AvgIpc) is 2.66. The Hall–Kier alpha value is -1.33. The van der Waals surface area contributed by atoms with Crippen LogP contribution in [0.3, 0.4) is 0 Å². The summed E-state index contributed by atoms with van der Waals surface area (Å²) in [4.78, 5) is 1.40. The molecule has 0 bridgehead atoms. The summed E-state index contributed by atoms with van der Waals surface area (Å²) in [5, 5.41) is 0. The van der Waals surface area contributed by atoms with Crippen LogP contribution in [0.15, 0.2) is 41.6 Å². The Morgan fingerprint density at radius 1 is 1.25 bits per heavy atom. The molecule has 1 unspecified atom stereocenters. The maximum Gasteiger partial charge on any atom is 0.268 e. The molecule has 0 aliphatic carbocycles. The molecule has 5 heteroatoms. The number of hydrogen-bond acceptors (Lipinski definition) is 2. The van der Waals surface area contributed by atoms with E-state index < -0.39 is 10.0 Å². The van der Waals surface area contributed by atoms with Crippen molar-refractivity contribution in [2.45, 2.75) is 11.8 Å². The molecule has 1 N–H and O–H groups in total. The molecule has 1 heterocycles. The van der Waals surface area contributed by atoms with Crippen molar-refractivity contribution in [1.29, 1.82) is 0 Å². The van der Waals surface area contributed by atoms with Crippen LogP contribution in [0, 0.1) is 6.92 Å². The van der Waals surface area contributed by atoms with Crippen LogP contribution in [0.2, 0.25) is 0 Å². The van der Waals surface area contributed by atoms with Gasteiger partial charge >= 0.3 is 0 Å². The molecule has 0 radical (unpaired) electrons. The van der Waals surface area contributed by atoms with E-state index in [1.165, 1.54) is 4.31 Å². The number of rotatable bonds is 2. The third-order valence-corrected chi connectivity index (χ3v) is 4.29. The van der Waals surface area contributed by atoms with Gasteiger partial charge in [-0.15, -0.1) is 0 Å². The highest BCUT2D eigenvalue weighted by atomic mass is 32.2. The van der Waals surface area contributed by atoms with E-state index >= 15 is 0 Å². The van der Waals surface area contributed by atoms with Gasteiger partial charge in [-0.1, -0.05) is 17.7 Å². The fourth-order valence-corrected chi connectivity index (χ4v) is 2.92. The lowest BCUT2D eigenvalue weighted by atomic mass is 10.2. The molecule has 2 rings (SSSR count). The Morgan fingerprint density at radius 3 is 2.38 bits per heavy atom. The molecule has 0 fully saturated rings. The molecule has 4 nitrogen and oxygen atoms in total. The van der Waals surface area contributed by atoms with Gasteiger partial charge in [0.05, 0.1) is 18.1 Å². The van der Waals surface area contributed by atoms with Crippen LogP contribution in [0.1, 0.15) is 5.56 Å². The number of quaternary nitrogens is 1. The second-order valence-electron chi connectivity index (χ2n) is 4.03. The van der Waals surface area contributed by atoms with E-state index in [4.69, 9.17) is 0 Å². The fraction of sp³-hybridized carbons (Fsp3) is 0.273. The summed E-state index contributed by atoms with van der Waals surface area (Å²) in [6.07, 6.45) is 3.44. The van der Waals surface area contributed by atoms with Crippen molar-refractivity contribution in [1.82, 2.24) is 4.31 Å². The predicted molar refractivity (Wildman–Crippen MR) is 61.1 cm³/mol. The predicted octanol–water partition coefficient (Wildman–Crippen LogP) is -0.0573. The van der Waals surface area contributed by atoms with Gasteiger partial charge < -0.3 is 0 Å². The Kier molecular flexibility index (Phi) is 2.73. The van der Waals surface area contributed by atoms with Crippen LogP contribution < -0.4 is 4.90 Å². The van der Waals surface area contributed by atoms with Crippen LogP contribution >= 0.6 is 0 Å². The van der Waals surface area contributed by atoms with Crippen LogP contribution in [-0.4, -0.2) is 26.4 Å². The van der Waals surface area contributed by atoms with Crippen LogP contribution in [-0.2, 0) is 10.0 Å². The van der Waals surface area contributed by atoms with Gasteiger partial charge in [0, 0.05) is 0 Å². The zero-order valence-electron chi connectivity index (χ0n) is 9.34. The zero-order chi connectivity index (χ0) is 11.8. The van der Waals surface area contributed by atoms with Crippen molar-refractivity contribution in [3.8, 4) is 0 Å². The highest BCUT2D eigenvalue weighted by Crippen LogP contribution is 2.16. The Balaban J connectivity index is 2.33. The summed E-state index contributed by atoms with van der Waals surface area (Å²) >= 11 is 0. The first-order valence-corrected chi connectivity index (χ1v) is 6.53. The van der Waals surface area contributed by atoms with E-state index in [0.717, 1.165) is 10.5 Å². The smallest absolute Gasteiger partial charge is 0.268 e. The van der Waals surface area contributed by atoms with E-state index in [0.29, 0.717) is 11.6 Å². The average molecular weight is 239 g/mol. The Bertz CT molecular complexity index is 505. The number of nitrogens with one attached hydrogen (secondary N) is 1. The largest absolute Gasteiger partial charge is 0.292 e. The molecular formula is C11H15N2O2S+. The third-order valence-electron chi connectivity index (χ3n) is 2.56. The van der Waals surface area contributed by atoms with Crippen LogP contribution in [0.25, 0.3) is 0 Å². The Morgan fingerprint density at radius 2 is 1.88 bits per heavy atom. The number of hydrogen-bond donors (Lipinski definition) is 1. The van der Waals surface area contributed by atoms with Gasteiger partial charge in [-0.3, -0.25) is 4.90 Å². The highest BCUT2D eigenvalue weighted by molar-refractivity contribution is 7.89. The minimum absolute atomic E-state index is 0.345. The van der Waals surface area contributed by atoms with Crippen LogP contribution in [0.5, 0.6) is 0 Å². The normalized spacial score (nSPS) is 20.4. The molecule has 0 spiro atoms. The quantitative estimate of drug-likeness (QED) is 0.786. The number of sulfonamides is 1. The monoisotopic (exact) mass is 239 g/mol. The Labute approximate surface area is 95.8 Å². The van der Waals surface area contributed by atoms with Crippen molar-refractivity contribution in [3.63, 3.8) is 0 Å². The molecule has 0 aromatic heterocycles. The molecule has 0 amide bonds. The van der Waals surface area contributed by atoms with Crippen molar-refractivity contribution < 1.29 is 13.3 Å². The lowest BCUT2D eigenvalue weighted by Crippen LogP contribution is -3.03. The summed E-state index contributed by atoms with van der Waals surface area (Å²) in [5.74, 6) is 0. The van der Waals surface area contributed by atoms with E-state index in [1.807, 2.05) is 32.3 Å². The van der Waals surface area contributed by atoms with Gasteiger partial charge in [-0.2, -0.15) is 0 Å². The maximum atomic E-state index is 12.2. The van der Waals surface area contributed by atoms with Crippen molar-refractivity contribution in [2.75, 3.05) is 13.7 Å².